The van der Waals surface area contributed by atoms with Gasteiger partial charge in [-0.05, 0) is 58.1 Å². The van der Waals surface area contributed by atoms with E-state index in [1.165, 1.54) is 12.1 Å². The van der Waals surface area contributed by atoms with E-state index >= 15 is 0 Å². The molecule has 3 atom stereocenters. The van der Waals surface area contributed by atoms with E-state index in [1.54, 1.807) is 32.9 Å². The Bertz CT molecular complexity index is 1040. The lowest BCUT2D eigenvalue weighted by atomic mass is 9.93. The smallest absolute Gasteiger partial charge is 0.408 e. The van der Waals surface area contributed by atoms with Gasteiger partial charge in [0.05, 0.1) is 23.8 Å². The van der Waals surface area contributed by atoms with Gasteiger partial charge in [0.2, 0.25) is 10.0 Å². The van der Waals surface area contributed by atoms with Crippen LogP contribution in [0.15, 0.2) is 29.2 Å². The number of sulfonamides is 1. The maximum atomic E-state index is 13.1. The number of ether oxygens (including phenoxy) is 2. The van der Waals surface area contributed by atoms with Crippen LogP contribution in [-0.4, -0.2) is 51.1 Å². The predicted octanol–water partition coefficient (Wildman–Crippen LogP) is 3.55. The minimum Gasteiger partial charge on any atom is -0.465 e. The summed E-state index contributed by atoms with van der Waals surface area (Å²) in [5.74, 6) is -0.915. The highest BCUT2D eigenvalue weighted by atomic mass is 32.2. The first kappa shape index (κ1) is 30.6. The first-order valence-electron chi connectivity index (χ1n) is 12.9. The van der Waals surface area contributed by atoms with Crippen molar-refractivity contribution in [3.05, 3.63) is 24.3 Å². The quantitative estimate of drug-likeness (QED) is 0.366. The lowest BCUT2D eigenvalue weighted by Crippen LogP contribution is -2.52. The number of para-hydroxylation sites is 1. The fourth-order valence-electron chi connectivity index (χ4n) is 4.06. The topological polar surface area (TPSA) is 154 Å². The molecule has 1 aliphatic heterocycles. The van der Waals surface area contributed by atoms with Crippen molar-refractivity contribution in [1.82, 2.24) is 10.0 Å². The standard InChI is InChI=1S/C26H41N3O7S/c1-18-12-10-16-35-24(31)19(2)11-6-5-7-14-21(23(18)30)36-25(32)29-26(3,4)17-28-37(33,34)22-15-9-8-13-20(22)27/h8-9,13,15,18-19,21,28H,5-7,10-12,14,16-17,27H2,1-4H3,(H,29,32). The number of carbonyl (C=O) groups excluding carboxylic acids is 3. The second kappa shape index (κ2) is 13.8. The zero-order chi connectivity index (χ0) is 27.6. The molecule has 208 valence electrons. The van der Waals surface area contributed by atoms with E-state index in [4.69, 9.17) is 15.2 Å². The van der Waals surface area contributed by atoms with Crippen LogP contribution < -0.4 is 15.8 Å². The van der Waals surface area contributed by atoms with Crippen molar-refractivity contribution in [3.8, 4) is 0 Å². The monoisotopic (exact) mass is 539 g/mol. The molecule has 0 spiro atoms. The Morgan fingerprint density at radius 2 is 1.70 bits per heavy atom. The Labute approximate surface area is 220 Å². The summed E-state index contributed by atoms with van der Waals surface area (Å²) in [7, 11) is -3.89. The largest absolute Gasteiger partial charge is 0.465 e. The normalized spacial score (nSPS) is 23.0. The van der Waals surface area contributed by atoms with Gasteiger partial charge in [-0.2, -0.15) is 0 Å². The number of nitrogens with one attached hydrogen (secondary N) is 2. The predicted molar refractivity (Wildman–Crippen MR) is 140 cm³/mol. The third kappa shape index (κ3) is 9.96. The molecule has 1 aliphatic rings. The first-order chi connectivity index (χ1) is 17.3. The molecule has 37 heavy (non-hydrogen) atoms. The molecule has 1 aromatic rings. The Kier molecular flexibility index (Phi) is 11.4. The van der Waals surface area contributed by atoms with Crippen LogP contribution in [0.1, 0.15) is 72.6 Å². The third-order valence-electron chi connectivity index (χ3n) is 6.44. The summed E-state index contributed by atoms with van der Waals surface area (Å²) in [5, 5.41) is 2.66. The van der Waals surface area contributed by atoms with Gasteiger partial charge in [-0.25, -0.2) is 17.9 Å². The number of Topliss-reactive ketones (excluding diaryl/α,β-unsaturated/α-hetero) is 1. The number of esters is 1. The first-order valence-corrected chi connectivity index (χ1v) is 14.3. The van der Waals surface area contributed by atoms with Crippen LogP contribution in [0.3, 0.4) is 0 Å². The number of cyclic esters (lactones) is 1. The highest BCUT2D eigenvalue weighted by molar-refractivity contribution is 7.89. The van der Waals surface area contributed by atoms with Gasteiger partial charge in [-0.3, -0.25) is 9.59 Å². The summed E-state index contributed by atoms with van der Waals surface area (Å²) in [6, 6.07) is 6.10. The van der Waals surface area contributed by atoms with Gasteiger partial charge in [0.1, 0.15) is 4.90 Å². The molecule has 10 nitrogen and oxygen atoms in total. The Morgan fingerprint density at radius 1 is 1.05 bits per heavy atom. The molecular weight excluding hydrogens is 498 g/mol. The van der Waals surface area contributed by atoms with E-state index in [0.717, 1.165) is 12.8 Å². The van der Waals surface area contributed by atoms with Crippen molar-refractivity contribution in [1.29, 1.82) is 0 Å². The van der Waals surface area contributed by atoms with Crippen molar-refractivity contribution in [2.24, 2.45) is 11.8 Å². The molecule has 1 fully saturated rings. The molecule has 1 saturated heterocycles. The van der Waals surface area contributed by atoms with Crippen molar-refractivity contribution in [2.45, 2.75) is 89.2 Å². The maximum absolute atomic E-state index is 13.1. The van der Waals surface area contributed by atoms with Crippen molar-refractivity contribution in [2.75, 3.05) is 18.9 Å². The summed E-state index contributed by atoms with van der Waals surface area (Å²) in [6.45, 7) is 7.06. The summed E-state index contributed by atoms with van der Waals surface area (Å²) >= 11 is 0. The van der Waals surface area contributed by atoms with Crippen LogP contribution in [0, 0.1) is 11.8 Å². The van der Waals surface area contributed by atoms with Crippen molar-refractivity contribution < 1.29 is 32.3 Å². The summed E-state index contributed by atoms with van der Waals surface area (Å²) < 4.78 is 38.6. The molecule has 0 saturated carbocycles. The van der Waals surface area contributed by atoms with Crippen molar-refractivity contribution in [3.63, 3.8) is 0 Å². The average Bonchev–Trinajstić information content (AvgIpc) is 2.83. The molecule has 0 aromatic heterocycles. The van der Waals surface area contributed by atoms with Crippen LogP contribution >= 0.6 is 0 Å². The molecule has 0 bridgehead atoms. The van der Waals surface area contributed by atoms with Gasteiger partial charge in [-0.1, -0.05) is 38.8 Å². The van der Waals surface area contributed by atoms with Gasteiger partial charge in [0.25, 0.3) is 0 Å². The summed E-state index contributed by atoms with van der Waals surface area (Å²) in [5.41, 5.74) is 4.89. The van der Waals surface area contributed by atoms with E-state index in [0.29, 0.717) is 32.1 Å². The number of benzene rings is 1. The molecule has 2 rings (SSSR count). The summed E-state index contributed by atoms with van der Waals surface area (Å²) in [6.07, 6.45) is 2.70. The van der Waals surface area contributed by atoms with Crippen LogP contribution in [0.2, 0.25) is 0 Å². The van der Waals surface area contributed by atoms with Gasteiger partial charge in [0.15, 0.2) is 11.9 Å². The molecule has 4 N–H and O–H groups in total. The molecular formula is C26H41N3O7S. The van der Waals surface area contributed by atoms with Crippen LogP contribution in [0.4, 0.5) is 10.5 Å². The highest BCUT2D eigenvalue weighted by Crippen LogP contribution is 2.21. The number of hydrogen-bond donors (Lipinski definition) is 3. The van der Waals surface area contributed by atoms with E-state index in [-0.39, 0.29) is 47.3 Å². The number of amides is 1. The Hall–Kier alpha value is -2.66. The lowest BCUT2D eigenvalue weighted by Gasteiger charge is -2.28. The van der Waals surface area contributed by atoms with E-state index in [2.05, 4.69) is 10.0 Å². The number of ketones is 1. The second-order valence-electron chi connectivity index (χ2n) is 10.4. The molecule has 3 unspecified atom stereocenters. The minimum absolute atomic E-state index is 0.0446. The molecule has 1 heterocycles. The summed E-state index contributed by atoms with van der Waals surface area (Å²) in [4.78, 5) is 37.8. The maximum Gasteiger partial charge on any atom is 0.408 e. The number of nitrogens with two attached hydrogens (primary N) is 1. The van der Waals surface area contributed by atoms with Crippen molar-refractivity contribution >= 4 is 33.6 Å². The van der Waals surface area contributed by atoms with Gasteiger partial charge in [-0.15, -0.1) is 0 Å². The van der Waals surface area contributed by atoms with Crippen LogP contribution in [0.5, 0.6) is 0 Å². The van der Waals surface area contributed by atoms with E-state index in [1.807, 2.05) is 6.92 Å². The average molecular weight is 540 g/mol. The van der Waals surface area contributed by atoms with Crippen LogP contribution in [-0.2, 0) is 29.1 Å². The van der Waals surface area contributed by atoms with Gasteiger partial charge >= 0.3 is 12.1 Å². The van der Waals surface area contributed by atoms with E-state index in [9.17, 15) is 22.8 Å². The Balaban J connectivity index is 1.98. The molecule has 11 heteroatoms. The Morgan fingerprint density at radius 3 is 2.41 bits per heavy atom. The number of rotatable bonds is 6. The molecule has 1 amide bonds. The molecule has 0 aliphatic carbocycles. The fraction of sp³-hybridized carbons (Fsp3) is 0.654. The lowest BCUT2D eigenvalue weighted by molar-refractivity contribution is -0.148. The SMILES string of the molecule is CC1CCCCCC(OC(=O)NC(C)(C)CNS(=O)(=O)c2ccccc2N)C(=O)C(C)CCCOC1=O. The van der Waals surface area contributed by atoms with Gasteiger partial charge in [0, 0.05) is 12.5 Å². The second-order valence-corrected chi connectivity index (χ2v) is 12.2. The number of carbonyl (C=O) groups is 3. The number of alkyl carbamates (subject to hydrolysis) is 1. The number of hydrogen-bond acceptors (Lipinski definition) is 8. The highest BCUT2D eigenvalue weighted by Gasteiger charge is 2.30. The van der Waals surface area contributed by atoms with Gasteiger partial charge < -0.3 is 20.5 Å². The van der Waals surface area contributed by atoms with Crippen LogP contribution in [0.25, 0.3) is 0 Å². The van der Waals surface area contributed by atoms with E-state index < -0.39 is 27.8 Å². The zero-order valence-corrected chi connectivity index (χ0v) is 23.1. The zero-order valence-electron chi connectivity index (χ0n) is 22.2. The third-order valence-corrected chi connectivity index (χ3v) is 7.91. The number of anilines is 1. The fourth-order valence-corrected chi connectivity index (χ4v) is 5.40. The minimum atomic E-state index is -3.89. The number of nitrogen functional groups attached to an aromatic ring is 1. The molecule has 0 radical (unpaired) electrons. The molecule has 1 aromatic carbocycles.